The number of alkyl halides is 6. The molecule has 1 atom stereocenters. The molecule has 28 heavy (non-hydrogen) atoms. The van der Waals surface area contributed by atoms with Crippen LogP contribution in [-0.2, 0) is 14.3 Å². The van der Waals surface area contributed by atoms with Crippen molar-refractivity contribution in [2.75, 3.05) is 25.6 Å². The van der Waals surface area contributed by atoms with Gasteiger partial charge in [0, 0.05) is 5.69 Å². The second kappa shape index (κ2) is 8.99. The van der Waals surface area contributed by atoms with Crippen molar-refractivity contribution in [1.29, 1.82) is 0 Å². The van der Waals surface area contributed by atoms with Crippen molar-refractivity contribution in [1.82, 2.24) is 5.32 Å². The van der Waals surface area contributed by atoms with Crippen LogP contribution in [0.3, 0.4) is 0 Å². The summed E-state index contributed by atoms with van der Waals surface area (Å²) in [6.07, 6.45) is -11.0. The molecule has 0 aliphatic heterocycles. The molecule has 1 aromatic rings. The first-order valence-corrected chi connectivity index (χ1v) is 7.52. The molecule has 0 fully saturated rings. The Morgan fingerprint density at radius 3 is 2.04 bits per heavy atom. The fourth-order valence-electron chi connectivity index (χ4n) is 1.83. The Morgan fingerprint density at radius 2 is 1.61 bits per heavy atom. The maximum absolute atomic E-state index is 13.5. The Bertz CT molecular complexity index is 677. The number of carbonyl (C=O) groups excluding carboxylic acids is 2. The van der Waals surface area contributed by atoms with Gasteiger partial charge in [-0.1, -0.05) is 0 Å². The molecule has 1 aromatic carbocycles. The quantitative estimate of drug-likeness (QED) is 0.404. The first kappa shape index (κ1) is 23.3. The molecular weight excluding hydrogens is 402 g/mol. The molecule has 7 nitrogen and oxygen atoms in total. The van der Waals surface area contributed by atoms with Crippen molar-refractivity contribution in [3.05, 3.63) is 24.3 Å². The minimum absolute atomic E-state index is 0.0333. The smallest absolute Gasteiger partial charge is 0.448 e. The first-order chi connectivity index (χ1) is 12.8. The van der Waals surface area contributed by atoms with E-state index in [4.69, 9.17) is 4.74 Å². The van der Waals surface area contributed by atoms with E-state index in [0.29, 0.717) is 5.75 Å². The molecule has 158 valence electrons. The number of anilines is 1. The van der Waals surface area contributed by atoms with E-state index in [1.165, 1.54) is 31.4 Å². The van der Waals surface area contributed by atoms with E-state index in [1.54, 1.807) is 0 Å². The third-order valence-corrected chi connectivity index (χ3v) is 3.05. The zero-order valence-electron chi connectivity index (χ0n) is 14.5. The highest BCUT2D eigenvalue weighted by atomic mass is 19.4. The minimum Gasteiger partial charge on any atom is -0.497 e. The van der Waals surface area contributed by atoms with Crippen molar-refractivity contribution in [3.63, 3.8) is 0 Å². The molecule has 1 unspecified atom stereocenters. The molecule has 0 spiro atoms. The van der Waals surface area contributed by atoms with Crippen molar-refractivity contribution in [3.8, 4) is 5.75 Å². The van der Waals surface area contributed by atoms with E-state index in [-0.39, 0.29) is 5.69 Å². The second-order valence-corrected chi connectivity index (χ2v) is 5.11. The molecule has 2 amide bonds. The number of esters is 1. The number of carbonyl (C=O) groups is 2. The molecular formula is C15H16F6N2O5. The number of benzene rings is 1. The van der Waals surface area contributed by atoms with Gasteiger partial charge in [0.15, 0.2) is 0 Å². The molecule has 2 N–H and O–H groups in total. The lowest BCUT2D eigenvalue weighted by Gasteiger charge is -2.33. The van der Waals surface area contributed by atoms with Crippen LogP contribution in [0.4, 0.5) is 36.8 Å². The highest BCUT2D eigenvalue weighted by Gasteiger charge is 2.66. The number of nitrogens with one attached hydrogen (secondary N) is 2. The summed E-state index contributed by atoms with van der Waals surface area (Å²) in [7, 11) is 1.35. The summed E-state index contributed by atoms with van der Waals surface area (Å²) < 4.78 is 90.4. The number of halogens is 6. The van der Waals surface area contributed by atoms with Crippen LogP contribution < -0.4 is 15.4 Å². The molecule has 1 rings (SSSR count). The highest BCUT2D eigenvalue weighted by Crippen LogP contribution is 2.34. The lowest BCUT2D eigenvalue weighted by Crippen LogP contribution is -2.67. The summed E-state index contributed by atoms with van der Waals surface area (Å²) >= 11 is 0. The van der Waals surface area contributed by atoms with Crippen LogP contribution in [0.25, 0.3) is 0 Å². The van der Waals surface area contributed by atoms with Crippen LogP contribution in [0, 0.1) is 0 Å². The lowest BCUT2D eigenvalue weighted by atomic mass is 10.2. The Balaban J connectivity index is 3.13. The van der Waals surface area contributed by atoms with Gasteiger partial charge in [-0.05, 0) is 31.2 Å². The van der Waals surface area contributed by atoms with Gasteiger partial charge in [-0.3, -0.25) is 5.32 Å². The fraction of sp³-hybridized carbons (Fsp3) is 0.467. The van der Waals surface area contributed by atoms with Crippen molar-refractivity contribution < 1.29 is 50.1 Å². The average molecular weight is 418 g/mol. The summed E-state index contributed by atoms with van der Waals surface area (Å²) in [4.78, 5) is 23.7. The lowest BCUT2D eigenvalue weighted by molar-refractivity contribution is -0.305. The molecule has 13 heteroatoms. The van der Waals surface area contributed by atoms with Gasteiger partial charge < -0.3 is 19.5 Å². The number of amides is 2. The SMILES string of the molecule is CCOC(=O)C(NC(=O)Nc1ccc(OC)cc1)(OCC(F)(F)F)C(F)(F)F. The second-order valence-electron chi connectivity index (χ2n) is 5.11. The third-order valence-electron chi connectivity index (χ3n) is 3.05. The summed E-state index contributed by atoms with van der Waals surface area (Å²) in [5.74, 6) is -1.88. The van der Waals surface area contributed by atoms with Gasteiger partial charge in [0.25, 0.3) is 0 Å². The Kier molecular flexibility index (Phi) is 7.50. The molecule has 0 aliphatic rings. The predicted octanol–water partition coefficient (Wildman–Crippen LogP) is 3.22. The Morgan fingerprint density at radius 1 is 1.04 bits per heavy atom. The van der Waals surface area contributed by atoms with Gasteiger partial charge in [-0.15, -0.1) is 0 Å². The van der Waals surface area contributed by atoms with Crippen molar-refractivity contribution in [2.45, 2.75) is 25.0 Å². The van der Waals surface area contributed by atoms with Crippen LogP contribution in [0.2, 0.25) is 0 Å². The van der Waals surface area contributed by atoms with Gasteiger partial charge in [-0.2, -0.15) is 26.3 Å². The van der Waals surface area contributed by atoms with Crippen LogP contribution in [0.5, 0.6) is 5.75 Å². The van der Waals surface area contributed by atoms with Gasteiger partial charge in [0.2, 0.25) is 0 Å². The maximum atomic E-state index is 13.5. The zero-order valence-corrected chi connectivity index (χ0v) is 14.5. The molecule has 0 radical (unpaired) electrons. The maximum Gasteiger partial charge on any atom is 0.448 e. The number of hydrogen-bond acceptors (Lipinski definition) is 5. The number of hydrogen-bond donors (Lipinski definition) is 2. The normalized spacial score (nSPS) is 14.0. The summed E-state index contributed by atoms with van der Waals surface area (Å²) in [6.45, 7) is -1.94. The zero-order chi connectivity index (χ0) is 21.6. The third kappa shape index (κ3) is 6.18. The van der Waals surface area contributed by atoms with Crippen LogP contribution in [-0.4, -0.2) is 50.4 Å². The minimum atomic E-state index is -5.76. The molecule has 0 aromatic heterocycles. The molecule has 0 bridgehead atoms. The van der Waals surface area contributed by atoms with Gasteiger partial charge in [0.1, 0.15) is 12.4 Å². The topological polar surface area (TPSA) is 85.9 Å². The van der Waals surface area contributed by atoms with Crippen LogP contribution >= 0.6 is 0 Å². The first-order valence-electron chi connectivity index (χ1n) is 7.52. The average Bonchev–Trinajstić information content (AvgIpc) is 2.57. The molecule has 0 heterocycles. The van der Waals surface area contributed by atoms with Crippen molar-refractivity contribution in [2.24, 2.45) is 0 Å². The van der Waals surface area contributed by atoms with E-state index >= 15 is 0 Å². The monoisotopic (exact) mass is 418 g/mol. The molecule has 0 saturated heterocycles. The summed E-state index contributed by atoms with van der Waals surface area (Å²) in [6, 6.07) is 3.55. The number of methoxy groups -OCH3 is 1. The highest BCUT2D eigenvalue weighted by molar-refractivity contribution is 5.94. The largest absolute Gasteiger partial charge is 0.497 e. The van der Waals surface area contributed by atoms with E-state index < -0.39 is 43.3 Å². The fourth-order valence-corrected chi connectivity index (χ4v) is 1.83. The predicted molar refractivity (Wildman–Crippen MR) is 82.6 cm³/mol. The standard InChI is InChI=1S/C15H16F6N2O5/c1-3-27-11(24)14(15(19,20)21,28-8-13(16,17)18)23-12(25)22-9-4-6-10(26-2)7-5-9/h4-7H,3,8H2,1-2H3,(H2,22,23,25). The van der Waals surface area contributed by atoms with Crippen LogP contribution in [0.1, 0.15) is 6.92 Å². The summed E-state index contributed by atoms with van der Waals surface area (Å²) in [5, 5.41) is 3.04. The number of rotatable bonds is 7. The van der Waals surface area contributed by atoms with E-state index in [2.05, 4.69) is 9.47 Å². The Hall–Kier alpha value is -2.70. The Labute approximate surface area is 154 Å². The molecule has 0 saturated carbocycles. The van der Waals surface area contributed by atoms with Gasteiger partial charge in [-0.25, -0.2) is 9.59 Å². The summed E-state index contributed by atoms with van der Waals surface area (Å²) in [5.41, 5.74) is -4.40. The molecule has 0 aliphatic carbocycles. The van der Waals surface area contributed by atoms with E-state index in [0.717, 1.165) is 12.2 Å². The van der Waals surface area contributed by atoms with E-state index in [1.807, 2.05) is 5.32 Å². The van der Waals surface area contributed by atoms with Crippen molar-refractivity contribution >= 4 is 17.7 Å². The van der Waals surface area contributed by atoms with E-state index in [9.17, 15) is 35.9 Å². The van der Waals surface area contributed by atoms with Gasteiger partial charge >= 0.3 is 30.1 Å². The number of urea groups is 1. The van der Waals surface area contributed by atoms with Gasteiger partial charge in [0.05, 0.1) is 13.7 Å². The number of ether oxygens (including phenoxy) is 3. The van der Waals surface area contributed by atoms with Crippen LogP contribution in [0.15, 0.2) is 24.3 Å².